The summed E-state index contributed by atoms with van der Waals surface area (Å²) in [5, 5.41) is 0. The fraction of sp³-hybridized carbons (Fsp3) is 0.182. The van der Waals surface area contributed by atoms with Crippen molar-refractivity contribution in [2.45, 2.75) is 6.92 Å². The van der Waals surface area contributed by atoms with E-state index in [2.05, 4.69) is 6.72 Å². The number of rotatable bonds is 2. The van der Waals surface area contributed by atoms with Crippen LogP contribution in [0.2, 0.25) is 0 Å². The summed E-state index contributed by atoms with van der Waals surface area (Å²) in [6.07, 6.45) is 4.01. The van der Waals surface area contributed by atoms with Crippen LogP contribution in [0.3, 0.4) is 0 Å². The Balaban J connectivity index is 3.26. The molecule has 0 saturated heterocycles. The predicted octanol–water partition coefficient (Wildman–Crippen LogP) is 2.28. The Bertz CT molecular complexity index is 351. The first kappa shape index (κ1) is 9.52. The van der Waals surface area contributed by atoms with Crippen molar-refractivity contribution in [3.05, 3.63) is 29.8 Å². The van der Waals surface area contributed by atoms with Gasteiger partial charge in [-0.3, -0.25) is 0 Å². The van der Waals surface area contributed by atoms with Gasteiger partial charge in [-0.05, 0) is 19.1 Å². The third kappa shape index (κ3) is 2.18. The van der Waals surface area contributed by atoms with Crippen molar-refractivity contribution in [2.75, 3.05) is 12.8 Å². The molecule has 0 saturated carbocycles. The number of nitrogens with two attached hydrogens (primary N) is 1. The highest BCUT2D eigenvalue weighted by Crippen LogP contribution is 2.21. The Morgan fingerprint density at radius 3 is 2.69 bits per heavy atom. The Labute approximate surface area is 79.0 Å². The highest BCUT2D eigenvalue weighted by atomic mass is 14.9. The average Bonchev–Trinajstić information content (AvgIpc) is 2.04. The maximum absolute atomic E-state index is 5.69. The lowest BCUT2D eigenvalue weighted by atomic mass is 10.1. The molecule has 0 bridgehead atoms. The Hall–Kier alpha value is -1.57. The molecule has 2 N–H and O–H groups in total. The van der Waals surface area contributed by atoms with Gasteiger partial charge in [0.15, 0.2) is 0 Å². The highest BCUT2D eigenvalue weighted by molar-refractivity contribution is 5.65. The van der Waals surface area contributed by atoms with Crippen LogP contribution >= 0.6 is 0 Å². The van der Waals surface area contributed by atoms with Gasteiger partial charge in [0.2, 0.25) is 5.69 Å². The SMILES string of the molecule is C=[N+](C)c1ccc(N)cc1/C=C\C. The molecule has 0 aliphatic heterocycles. The van der Waals surface area contributed by atoms with Gasteiger partial charge in [-0.25, -0.2) is 4.58 Å². The number of allylic oxidation sites excluding steroid dienone is 1. The van der Waals surface area contributed by atoms with Crippen LogP contribution in [0.1, 0.15) is 12.5 Å². The number of nitrogens with zero attached hydrogens (tertiary/aromatic N) is 1. The summed E-state index contributed by atoms with van der Waals surface area (Å²) < 4.78 is 1.83. The second-order valence-corrected chi connectivity index (χ2v) is 3.02. The van der Waals surface area contributed by atoms with Gasteiger partial charge in [0.05, 0.1) is 0 Å². The zero-order valence-corrected chi connectivity index (χ0v) is 8.12. The number of hydrogen-bond acceptors (Lipinski definition) is 1. The number of nitrogen functional groups attached to an aromatic ring is 1. The van der Waals surface area contributed by atoms with Crippen molar-refractivity contribution in [3.8, 4) is 0 Å². The van der Waals surface area contributed by atoms with Gasteiger partial charge < -0.3 is 5.73 Å². The lowest BCUT2D eigenvalue weighted by Crippen LogP contribution is -1.96. The van der Waals surface area contributed by atoms with Crippen molar-refractivity contribution in [2.24, 2.45) is 0 Å². The molecule has 0 aromatic heterocycles. The minimum Gasteiger partial charge on any atom is -0.399 e. The summed E-state index contributed by atoms with van der Waals surface area (Å²) >= 11 is 0. The third-order valence-electron chi connectivity index (χ3n) is 1.81. The van der Waals surface area contributed by atoms with Crippen LogP contribution in [0, 0.1) is 0 Å². The standard InChI is InChI=1S/C11H15N2/c1-4-5-9-8-10(12)6-7-11(9)13(2)3/h4-8H,2,12H2,1,3H3/q+1/b5-4-. The molecule has 0 unspecified atom stereocenters. The summed E-state index contributed by atoms with van der Waals surface area (Å²) in [5.41, 5.74) is 8.64. The smallest absolute Gasteiger partial charge is 0.211 e. The Kier molecular flexibility index (Phi) is 2.85. The second-order valence-electron chi connectivity index (χ2n) is 3.02. The van der Waals surface area contributed by atoms with Crippen LogP contribution in [0.4, 0.5) is 11.4 Å². The number of anilines is 1. The maximum Gasteiger partial charge on any atom is 0.211 e. The molecule has 0 radical (unpaired) electrons. The molecular weight excluding hydrogens is 160 g/mol. The highest BCUT2D eigenvalue weighted by Gasteiger charge is 2.06. The lowest BCUT2D eigenvalue weighted by Gasteiger charge is -2.01. The molecule has 0 amide bonds. The van der Waals surface area contributed by atoms with Gasteiger partial charge in [0.25, 0.3) is 0 Å². The van der Waals surface area contributed by atoms with Crippen molar-refractivity contribution in [3.63, 3.8) is 0 Å². The third-order valence-corrected chi connectivity index (χ3v) is 1.81. The van der Waals surface area contributed by atoms with E-state index in [1.165, 1.54) is 0 Å². The first-order chi connectivity index (χ1) is 6.15. The first-order valence-corrected chi connectivity index (χ1v) is 4.21. The van der Waals surface area contributed by atoms with E-state index in [4.69, 9.17) is 5.73 Å². The molecule has 0 aliphatic carbocycles. The van der Waals surface area contributed by atoms with Crippen molar-refractivity contribution >= 4 is 24.2 Å². The van der Waals surface area contributed by atoms with Gasteiger partial charge in [0, 0.05) is 17.3 Å². The van der Waals surface area contributed by atoms with Crippen LogP contribution in [0.5, 0.6) is 0 Å². The molecule has 0 atom stereocenters. The summed E-state index contributed by atoms with van der Waals surface area (Å²) in [6, 6.07) is 5.79. The fourth-order valence-corrected chi connectivity index (χ4v) is 1.23. The molecule has 1 rings (SSSR count). The zero-order chi connectivity index (χ0) is 9.84. The van der Waals surface area contributed by atoms with Crippen LogP contribution in [0.25, 0.3) is 6.08 Å². The van der Waals surface area contributed by atoms with Gasteiger partial charge >= 0.3 is 0 Å². The molecule has 2 heteroatoms. The molecule has 2 nitrogen and oxygen atoms in total. The van der Waals surface area contributed by atoms with Crippen LogP contribution in [-0.4, -0.2) is 18.3 Å². The quantitative estimate of drug-likeness (QED) is 0.417. The molecule has 68 valence electrons. The normalized spacial score (nSPS) is 10.6. The summed E-state index contributed by atoms with van der Waals surface area (Å²) in [6.45, 7) is 5.82. The van der Waals surface area contributed by atoms with E-state index in [-0.39, 0.29) is 0 Å². The Morgan fingerprint density at radius 1 is 1.46 bits per heavy atom. The minimum atomic E-state index is 0.777. The molecule has 1 aromatic rings. The van der Waals surface area contributed by atoms with Crippen molar-refractivity contribution in [1.29, 1.82) is 0 Å². The van der Waals surface area contributed by atoms with Gasteiger partial charge in [-0.2, -0.15) is 0 Å². The van der Waals surface area contributed by atoms with E-state index in [0.29, 0.717) is 0 Å². The molecule has 0 heterocycles. The summed E-state index contributed by atoms with van der Waals surface area (Å²) in [4.78, 5) is 0. The second kappa shape index (κ2) is 3.90. The van der Waals surface area contributed by atoms with Gasteiger partial charge in [-0.15, -0.1) is 0 Å². The summed E-state index contributed by atoms with van der Waals surface area (Å²) in [5.74, 6) is 0. The number of hydrogen-bond donors (Lipinski definition) is 1. The van der Waals surface area contributed by atoms with Crippen LogP contribution in [-0.2, 0) is 0 Å². The molecular formula is C11H15N2+. The fourth-order valence-electron chi connectivity index (χ4n) is 1.23. The van der Waals surface area contributed by atoms with E-state index < -0.39 is 0 Å². The molecule has 0 spiro atoms. The number of benzene rings is 1. The van der Waals surface area contributed by atoms with Gasteiger partial charge in [-0.1, -0.05) is 12.2 Å². The predicted molar refractivity (Wildman–Crippen MR) is 58.5 cm³/mol. The Morgan fingerprint density at radius 2 is 2.15 bits per heavy atom. The average molecular weight is 175 g/mol. The monoisotopic (exact) mass is 175 g/mol. The zero-order valence-electron chi connectivity index (χ0n) is 8.12. The van der Waals surface area contributed by atoms with E-state index in [9.17, 15) is 0 Å². The van der Waals surface area contributed by atoms with E-state index >= 15 is 0 Å². The largest absolute Gasteiger partial charge is 0.399 e. The molecule has 0 fully saturated rings. The maximum atomic E-state index is 5.69. The molecule has 0 aliphatic rings. The molecule has 13 heavy (non-hydrogen) atoms. The van der Waals surface area contributed by atoms with Crippen molar-refractivity contribution in [1.82, 2.24) is 0 Å². The lowest BCUT2D eigenvalue weighted by molar-refractivity contribution is -0.394. The molecule has 1 aromatic carbocycles. The summed E-state index contributed by atoms with van der Waals surface area (Å²) in [7, 11) is 1.92. The first-order valence-electron chi connectivity index (χ1n) is 4.21. The topological polar surface area (TPSA) is 29.0 Å². The van der Waals surface area contributed by atoms with Gasteiger partial charge in [0.1, 0.15) is 13.8 Å². The van der Waals surface area contributed by atoms with E-state index in [1.807, 2.05) is 48.9 Å². The van der Waals surface area contributed by atoms with E-state index in [0.717, 1.165) is 16.9 Å². The van der Waals surface area contributed by atoms with E-state index in [1.54, 1.807) is 0 Å². The van der Waals surface area contributed by atoms with Crippen LogP contribution < -0.4 is 5.73 Å². The van der Waals surface area contributed by atoms with Crippen molar-refractivity contribution < 1.29 is 4.58 Å². The minimum absolute atomic E-state index is 0.777. The van der Waals surface area contributed by atoms with Crippen LogP contribution in [0.15, 0.2) is 24.3 Å².